The van der Waals surface area contributed by atoms with Crippen molar-refractivity contribution in [2.24, 2.45) is 5.92 Å². The summed E-state index contributed by atoms with van der Waals surface area (Å²) < 4.78 is 15.9. The quantitative estimate of drug-likeness (QED) is 0.690. The average Bonchev–Trinajstić information content (AvgIpc) is 1.85. The highest BCUT2D eigenvalue weighted by atomic mass is 32.2. The van der Waals surface area contributed by atoms with E-state index in [4.69, 9.17) is 5.11 Å². The Balaban J connectivity index is 4.30. The van der Waals surface area contributed by atoms with Crippen LogP contribution in [0.2, 0.25) is 0 Å². The van der Waals surface area contributed by atoms with Gasteiger partial charge in [0.2, 0.25) is 0 Å². The summed E-state index contributed by atoms with van der Waals surface area (Å²) in [5.41, 5.74) is 0. The van der Waals surface area contributed by atoms with E-state index >= 15 is 0 Å². The largest absolute Gasteiger partial charge is 0.480 e. The van der Waals surface area contributed by atoms with Crippen molar-refractivity contribution in [2.75, 3.05) is 13.0 Å². The lowest BCUT2D eigenvalue weighted by molar-refractivity contribution is -0.137. The number of ether oxygens (including phenoxy) is 1. The highest BCUT2D eigenvalue weighted by molar-refractivity contribution is 7.86. The van der Waals surface area contributed by atoms with Crippen molar-refractivity contribution in [3.05, 3.63) is 0 Å². The monoisotopic (exact) mass is 194 g/mol. The van der Waals surface area contributed by atoms with Crippen LogP contribution < -0.4 is 0 Å². The Morgan fingerprint density at radius 2 is 2.08 bits per heavy atom. The van der Waals surface area contributed by atoms with Gasteiger partial charge < -0.3 is 9.84 Å². The van der Waals surface area contributed by atoms with Crippen molar-refractivity contribution in [3.8, 4) is 0 Å². The van der Waals surface area contributed by atoms with Gasteiger partial charge in [-0.25, -0.2) is 0 Å². The molecule has 0 aromatic rings. The van der Waals surface area contributed by atoms with Gasteiger partial charge in [0, 0.05) is 7.11 Å². The summed E-state index contributed by atoms with van der Waals surface area (Å²) in [5.74, 6) is -1.19. The highest BCUT2D eigenvalue weighted by Crippen LogP contribution is 2.09. The minimum absolute atomic E-state index is 0.0187. The molecule has 0 bridgehead atoms. The molecule has 0 aliphatic heterocycles. The van der Waals surface area contributed by atoms with Crippen molar-refractivity contribution >= 4 is 16.8 Å². The number of rotatable bonds is 5. The summed E-state index contributed by atoms with van der Waals surface area (Å²) in [7, 11) is -0.0399. The molecule has 2 atom stereocenters. The van der Waals surface area contributed by atoms with Gasteiger partial charge in [0.15, 0.2) is 0 Å². The molecule has 12 heavy (non-hydrogen) atoms. The summed E-state index contributed by atoms with van der Waals surface area (Å²) in [6.07, 6.45) is 0. The maximum Gasteiger partial charge on any atom is 0.319 e. The van der Waals surface area contributed by atoms with E-state index in [9.17, 15) is 9.00 Å². The van der Waals surface area contributed by atoms with Crippen LogP contribution in [0, 0.1) is 5.92 Å². The van der Waals surface area contributed by atoms with Gasteiger partial charge in [-0.05, 0) is 5.92 Å². The molecular weight excluding hydrogens is 180 g/mol. The predicted octanol–water partition coefficient (Wildman–Crippen LogP) is 0.448. The maximum absolute atomic E-state index is 11.2. The van der Waals surface area contributed by atoms with Crippen LogP contribution in [0.15, 0.2) is 0 Å². The second kappa shape index (κ2) is 5.27. The Labute approximate surface area is 74.4 Å². The Morgan fingerprint density at radius 3 is 2.33 bits per heavy atom. The number of methoxy groups -OCH3 is 1. The van der Waals surface area contributed by atoms with Crippen molar-refractivity contribution < 1.29 is 18.8 Å². The van der Waals surface area contributed by atoms with E-state index in [1.54, 1.807) is 13.8 Å². The van der Waals surface area contributed by atoms with Crippen LogP contribution in [0.1, 0.15) is 13.8 Å². The van der Waals surface area contributed by atoms with Crippen LogP contribution in [0.4, 0.5) is 0 Å². The molecule has 72 valence electrons. The van der Waals surface area contributed by atoms with Gasteiger partial charge in [0.05, 0.1) is 10.8 Å². The molecular formula is C7H14O4S. The van der Waals surface area contributed by atoms with Crippen molar-refractivity contribution in [1.29, 1.82) is 0 Å². The lowest BCUT2D eigenvalue weighted by atomic mass is 10.1. The number of hydrogen-bond donors (Lipinski definition) is 1. The van der Waals surface area contributed by atoms with Gasteiger partial charge in [-0.3, -0.25) is 9.00 Å². The topological polar surface area (TPSA) is 63.6 Å². The predicted molar refractivity (Wildman–Crippen MR) is 46.3 cm³/mol. The molecule has 0 spiro atoms. The van der Waals surface area contributed by atoms with Crippen LogP contribution in [0.3, 0.4) is 0 Å². The molecule has 0 radical (unpaired) electrons. The van der Waals surface area contributed by atoms with E-state index in [0.717, 1.165) is 0 Å². The van der Waals surface area contributed by atoms with E-state index in [2.05, 4.69) is 4.74 Å². The van der Waals surface area contributed by atoms with Crippen LogP contribution in [-0.2, 0) is 20.3 Å². The Hall–Kier alpha value is -0.420. The fraction of sp³-hybridized carbons (Fsp3) is 0.857. The Kier molecular flexibility index (Phi) is 5.08. The molecule has 4 nitrogen and oxygen atoms in total. The van der Waals surface area contributed by atoms with E-state index in [1.807, 2.05) is 0 Å². The lowest BCUT2D eigenvalue weighted by Gasteiger charge is -2.14. The molecule has 0 heterocycles. The van der Waals surface area contributed by atoms with E-state index in [-0.39, 0.29) is 11.9 Å². The molecule has 0 aromatic heterocycles. The third kappa shape index (κ3) is 3.32. The second-order valence-electron chi connectivity index (χ2n) is 2.79. The zero-order valence-electron chi connectivity index (χ0n) is 7.44. The number of carboxylic acids is 1. The van der Waals surface area contributed by atoms with Crippen molar-refractivity contribution in [1.82, 2.24) is 0 Å². The molecule has 0 fully saturated rings. The minimum atomic E-state index is -1.44. The molecule has 5 heteroatoms. The van der Waals surface area contributed by atoms with Gasteiger partial charge in [-0.1, -0.05) is 13.8 Å². The molecule has 0 rings (SSSR count). The number of carbonyl (C=O) groups is 1. The lowest BCUT2D eigenvalue weighted by Crippen LogP contribution is -2.32. The van der Waals surface area contributed by atoms with Crippen LogP contribution in [-0.4, -0.2) is 33.6 Å². The van der Waals surface area contributed by atoms with E-state index < -0.39 is 22.0 Å². The first-order valence-electron chi connectivity index (χ1n) is 3.59. The smallest absolute Gasteiger partial charge is 0.319 e. The van der Waals surface area contributed by atoms with E-state index in [1.165, 1.54) is 7.11 Å². The number of carboxylic acid groups (broad SMARTS) is 1. The van der Waals surface area contributed by atoms with Gasteiger partial charge >= 0.3 is 5.97 Å². The highest BCUT2D eigenvalue weighted by Gasteiger charge is 2.27. The van der Waals surface area contributed by atoms with Crippen molar-refractivity contribution in [2.45, 2.75) is 19.1 Å². The summed E-state index contributed by atoms with van der Waals surface area (Å²) in [5, 5.41) is 7.86. The molecule has 2 unspecified atom stereocenters. The van der Waals surface area contributed by atoms with Gasteiger partial charge in [0.25, 0.3) is 0 Å². The molecule has 0 amide bonds. The average molecular weight is 194 g/mol. The molecule has 0 aliphatic carbocycles. The fourth-order valence-electron chi connectivity index (χ4n) is 0.891. The summed E-state index contributed by atoms with van der Waals surface area (Å²) in [4.78, 5) is 10.6. The fourth-order valence-corrected chi connectivity index (χ4v) is 2.10. The van der Waals surface area contributed by atoms with Gasteiger partial charge in [-0.15, -0.1) is 0 Å². The van der Waals surface area contributed by atoms with Crippen molar-refractivity contribution in [3.63, 3.8) is 0 Å². The third-order valence-electron chi connectivity index (χ3n) is 1.37. The van der Waals surface area contributed by atoms with Crippen LogP contribution >= 0.6 is 0 Å². The first kappa shape index (κ1) is 11.6. The summed E-state index contributed by atoms with van der Waals surface area (Å²) in [6, 6.07) is 0. The molecule has 0 saturated heterocycles. The SMILES string of the molecule is COCS(=O)C(C(=O)O)C(C)C. The van der Waals surface area contributed by atoms with Gasteiger partial charge in [-0.2, -0.15) is 0 Å². The minimum Gasteiger partial charge on any atom is -0.480 e. The first-order valence-corrected chi connectivity index (χ1v) is 4.97. The van der Waals surface area contributed by atoms with E-state index in [0.29, 0.717) is 0 Å². The molecule has 0 saturated carbocycles. The second-order valence-corrected chi connectivity index (χ2v) is 4.30. The number of hydrogen-bond acceptors (Lipinski definition) is 3. The van der Waals surface area contributed by atoms with Crippen LogP contribution in [0.25, 0.3) is 0 Å². The Morgan fingerprint density at radius 1 is 1.58 bits per heavy atom. The first-order chi connectivity index (χ1) is 5.50. The zero-order chi connectivity index (χ0) is 9.72. The molecule has 1 N–H and O–H groups in total. The Bertz CT molecular complexity index is 178. The number of aliphatic carboxylic acids is 1. The maximum atomic E-state index is 11.2. The standard InChI is InChI=1S/C7H14O4S/c1-5(2)6(7(8)9)12(10)4-11-3/h5-6H,4H2,1-3H3,(H,8,9). The zero-order valence-corrected chi connectivity index (χ0v) is 8.26. The normalized spacial score (nSPS) is 16.0. The summed E-state index contributed by atoms with van der Waals surface area (Å²) >= 11 is 0. The molecule has 0 aromatic carbocycles. The molecule has 0 aliphatic rings. The van der Waals surface area contributed by atoms with Gasteiger partial charge in [0.1, 0.15) is 11.2 Å². The summed E-state index contributed by atoms with van der Waals surface area (Å²) in [6.45, 7) is 3.46. The third-order valence-corrected chi connectivity index (χ3v) is 3.15. The van der Waals surface area contributed by atoms with Crippen LogP contribution in [0.5, 0.6) is 0 Å².